The van der Waals surface area contributed by atoms with E-state index in [4.69, 9.17) is 0 Å². The number of nitrogens with one attached hydrogen (secondary N) is 1. The summed E-state index contributed by atoms with van der Waals surface area (Å²) in [5.74, 6) is 0. The van der Waals surface area contributed by atoms with Gasteiger partial charge in [0.1, 0.15) is 5.01 Å². The van der Waals surface area contributed by atoms with Crippen molar-refractivity contribution < 1.29 is 0 Å². The predicted octanol–water partition coefficient (Wildman–Crippen LogP) is 4.51. The molecule has 0 spiro atoms. The van der Waals surface area contributed by atoms with Crippen LogP contribution in [0.1, 0.15) is 54.2 Å². The predicted molar refractivity (Wildman–Crippen MR) is 85.4 cm³/mol. The highest BCUT2D eigenvalue weighted by Crippen LogP contribution is 2.35. The second-order valence-electron chi connectivity index (χ2n) is 5.77. The Morgan fingerprint density at radius 3 is 2.53 bits per heavy atom. The van der Waals surface area contributed by atoms with Gasteiger partial charge in [-0.05, 0) is 31.0 Å². The molecule has 1 atom stereocenters. The lowest BCUT2D eigenvalue weighted by Crippen LogP contribution is -2.21. The number of aromatic nitrogens is 1. The maximum absolute atomic E-state index is 4.64. The van der Waals surface area contributed by atoms with Crippen LogP contribution in [0, 0.1) is 6.92 Å². The number of thiazole rings is 1. The summed E-state index contributed by atoms with van der Waals surface area (Å²) in [5.41, 5.74) is 1.33. The Balaban J connectivity index is 2.32. The molecule has 1 N–H and O–H groups in total. The minimum absolute atomic E-state index is 0.221. The van der Waals surface area contributed by atoms with Crippen molar-refractivity contribution in [1.82, 2.24) is 10.3 Å². The van der Waals surface area contributed by atoms with E-state index in [-0.39, 0.29) is 11.5 Å². The van der Waals surface area contributed by atoms with Gasteiger partial charge in [0, 0.05) is 20.8 Å². The molecule has 0 saturated heterocycles. The number of thiophene rings is 1. The minimum Gasteiger partial charge on any atom is -0.304 e. The minimum atomic E-state index is 0.221. The fourth-order valence-electron chi connectivity index (χ4n) is 1.93. The first-order chi connectivity index (χ1) is 8.91. The third kappa shape index (κ3) is 3.44. The second-order valence-corrected chi connectivity index (χ2v) is 7.77. The van der Waals surface area contributed by atoms with E-state index in [0.29, 0.717) is 0 Å². The molecule has 0 bridgehead atoms. The summed E-state index contributed by atoms with van der Waals surface area (Å²) in [4.78, 5) is 7.43. The molecule has 2 heterocycles. The van der Waals surface area contributed by atoms with Crippen molar-refractivity contribution in [1.29, 1.82) is 0 Å². The summed E-state index contributed by atoms with van der Waals surface area (Å²) in [7, 11) is 0. The fourth-order valence-corrected chi connectivity index (χ4v) is 4.04. The molecule has 2 aromatic heterocycles. The van der Waals surface area contributed by atoms with Gasteiger partial charge in [0.05, 0.1) is 6.04 Å². The van der Waals surface area contributed by atoms with E-state index in [9.17, 15) is 0 Å². The van der Waals surface area contributed by atoms with Crippen LogP contribution in [0.25, 0.3) is 0 Å². The van der Waals surface area contributed by atoms with Gasteiger partial charge in [0.25, 0.3) is 0 Å². The number of aryl methyl sites for hydroxylation is 1. The number of hydrogen-bond acceptors (Lipinski definition) is 4. The molecule has 2 nitrogen and oxygen atoms in total. The molecule has 2 aromatic rings. The Morgan fingerprint density at radius 1 is 1.32 bits per heavy atom. The molecule has 0 amide bonds. The molecule has 0 radical (unpaired) electrons. The van der Waals surface area contributed by atoms with Crippen molar-refractivity contribution in [2.24, 2.45) is 0 Å². The molecule has 104 valence electrons. The lowest BCUT2D eigenvalue weighted by atomic mass is 9.95. The first-order valence-corrected chi connectivity index (χ1v) is 8.37. The van der Waals surface area contributed by atoms with E-state index in [0.717, 1.165) is 12.2 Å². The zero-order valence-electron chi connectivity index (χ0n) is 12.3. The molecule has 4 heteroatoms. The van der Waals surface area contributed by atoms with Crippen LogP contribution in [0.15, 0.2) is 17.5 Å². The van der Waals surface area contributed by atoms with E-state index in [2.05, 4.69) is 62.4 Å². The van der Waals surface area contributed by atoms with Crippen molar-refractivity contribution in [2.75, 3.05) is 6.54 Å². The lowest BCUT2D eigenvalue weighted by Gasteiger charge is -2.17. The summed E-state index contributed by atoms with van der Waals surface area (Å²) >= 11 is 3.64. The highest BCUT2D eigenvalue weighted by atomic mass is 32.1. The molecular weight excluding hydrogens is 272 g/mol. The molecule has 2 rings (SSSR count). The van der Waals surface area contributed by atoms with Crippen molar-refractivity contribution in [3.63, 3.8) is 0 Å². The summed E-state index contributed by atoms with van der Waals surface area (Å²) in [5, 5.41) is 6.84. The highest BCUT2D eigenvalue weighted by Gasteiger charge is 2.22. The van der Waals surface area contributed by atoms with Crippen LogP contribution in [0.4, 0.5) is 0 Å². The van der Waals surface area contributed by atoms with Crippen LogP contribution in [0.5, 0.6) is 0 Å². The first-order valence-electron chi connectivity index (χ1n) is 6.67. The zero-order chi connectivity index (χ0) is 14.0. The van der Waals surface area contributed by atoms with Crippen LogP contribution in [0.2, 0.25) is 0 Å². The van der Waals surface area contributed by atoms with Gasteiger partial charge in [-0.1, -0.05) is 27.7 Å². The van der Waals surface area contributed by atoms with Crippen LogP contribution in [0.3, 0.4) is 0 Å². The standard InChI is InChI=1S/C15H22N2S2/c1-6-16-13(14-17-10(2)9-18-14)11-7-8-12(19-11)15(3,4)5/h7-9,13,16H,6H2,1-5H3. The maximum atomic E-state index is 4.64. The Morgan fingerprint density at radius 2 is 2.05 bits per heavy atom. The fraction of sp³-hybridized carbons (Fsp3) is 0.533. The number of nitrogens with zero attached hydrogens (tertiary/aromatic N) is 1. The Kier molecular flexibility index (Phi) is 4.43. The average molecular weight is 294 g/mol. The van der Waals surface area contributed by atoms with Gasteiger partial charge in [-0.25, -0.2) is 4.98 Å². The van der Waals surface area contributed by atoms with Gasteiger partial charge in [0.2, 0.25) is 0 Å². The van der Waals surface area contributed by atoms with E-state index in [1.165, 1.54) is 14.8 Å². The monoisotopic (exact) mass is 294 g/mol. The smallest absolute Gasteiger partial charge is 0.115 e. The van der Waals surface area contributed by atoms with Gasteiger partial charge < -0.3 is 5.32 Å². The van der Waals surface area contributed by atoms with Gasteiger partial charge >= 0.3 is 0 Å². The van der Waals surface area contributed by atoms with E-state index < -0.39 is 0 Å². The SMILES string of the molecule is CCNC(c1ccc(C(C)(C)C)s1)c1nc(C)cs1. The van der Waals surface area contributed by atoms with Crippen LogP contribution < -0.4 is 5.32 Å². The molecule has 19 heavy (non-hydrogen) atoms. The molecule has 1 unspecified atom stereocenters. The Bertz CT molecular complexity index is 534. The summed E-state index contributed by atoms with van der Waals surface area (Å²) in [6.45, 7) is 11.9. The van der Waals surface area contributed by atoms with Crippen LogP contribution >= 0.6 is 22.7 Å². The third-order valence-electron chi connectivity index (χ3n) is 2.94. The Hall–Kier alpha value is -0.710. The molecule has 0 aromatic carbocycles. The van der Waals surface area contributed by atoms with Crippen molar-refractivity contribution in [2.45, 2.75) is 46.1 Å². The van der Waals surface area contributed by atoms with E-state index in [1.807, 2.05) is 11.3 Å². The van der Waals surface area contributed by atoms with Gasteiger partial charge in [0.15, 0.2) is 0 Å². The molecule has 0 aliphatic heterocycles. The summed E-state index contributed by atoms with van der Waals surface area (Å²) in [6, 6.07) is 4.74. The summed E-state index contributed by atoms with van der Waals surface area (Å²) < 4.78 is 0. The van der Waals surface area contributed by atoms with Crippen LogP contribution in [-0.2, 0) is 5.41 Å². The van der Waals surface area contributed by atoms with E-state index >= 15 is 0 Å². The van der Waals surface area contributed by atoms with Gasteiger partial charge in [-0.3, -0.25) is 0 Å². The van der Waals surface area contributed by atoms with Crippen LogP contribution in [-0.4, -0.2) is 11.5 Å². The molecule has 0 saturated carbocycles. The average Bonchev–Trinajstić information content (AvgIpc) is 2.93. The summed E-state index contributed by atoms with van der Waals surface area (Å²) in [6.07, 6.45) is 0. The number of hydrogen-bond donors (Lipinski definition) is 1. The normalized spacial score (nSPS) is 13.7. The second kappa shape index (κ2) is 5.73. The first kappa shape index (κ1) is 14.7. The largest absolute Gasteiger partial charge is 0.304 e. The lowest BCUT2D eigenvalue weighted by molar-refractivity contribution is 0.604. The van der Waals surface area contributed by atoms with E-state index in [1.54, 1.807) is 11.3 Å². The van der Waals surface area contributed by atoms with Gasteiger partial charge in [-0.15, -0.1) is 22.7 Å². The Labute approximate surface area is 123 Å². The maximum Gasteiger partial charge on any atom is 0.115 e. The third-order valence-corrected chi connectivity index (χ3v) is 5.55. The van der Waals surface area contributed by atoms with Gasteiger partial charge in [-0.2, -0.15) is 0 Å². The van der Waals surface area contributed by atoms with Crippen molar-refractivity contribution in [3.05, 3.63) is 38.0 Å². The topological polar surface area (TPSA) is 24.9 Å². The molecule has 0 aliphatic rings. The molecule has 0 aliphatic carbocycles. The zero-order valence-corrected chi connectivity index (χ0v) is 13.9. The highest BCUT2D eigenvalue weighted by molar-refractivity contribution is 7.13. The molecular formula is C15H22N2S2. The quantitative estimate of drug-likeness (QED) is 0.897. The van der Waals surface area contributed by atoms with Crippen molar-refractivity contribution >= 4 is 22.7 Å². The van der Waals surface area contributed by atoms with Crippen molar-refractivity contribution in [3.8, 4) is 0 Å². The number of rotatable bonds is 4. The molecule has 0 fully saturated rings.